The Bertz CT molecular complexity index is 1460. The Balaban J connectivity index is 1.40. The van der Waals surface area contributed by atoms with Gasteiger partial charge in [-0.1, -0.05) is 36.3 Å². The van der Waals surface area contributed by atoms with E-state index in [4.69, 9.17) is 9.39 Å². The molecule has 42 heavy (non-hydrogen) atoms. The standard InChI is InChI=1S/C30H34B2INO8/c1-4-18-13-21-27(30(37)34(29(21)36)20-7-5-6-19(14-20)32(39)40)22-15-31(38)42-24(26(18)22)9-8-16(2)10-17-11-23(33)28(35)25(12-17)41-3/h5-7,10-12,14,21-22,24,27,35,38-40H,4,8-9,13,15H2,1-3H3/b16-10+/t21-,22+,24-,27-/m1/s1. The van der Waals surface area contributed by atoms with Gasteiger partial charge in [-0.15, -0.1) is 0 Å². The zero-order valence-electron chi connectivity index (χ0n) is 23.8. The number of amides is 2. The molecule has 0 saturated carbocycles. The van der Waals surface area contributed by atoms with Crippen LogP contribution in [0, 0.1) is 21.3 Å². The zero-order chi connectivity index (χ0) is 30.3. The fraction of sp³-hybridized carbons (Fsp3) is 0.400. The fourth-order valence-corrected chi connectivity index (χ4v) is 7.36. The van der Waals surface area contributed by atoms with Crippen LogP contribution in [0.3, 0.4) is 0 Å². The molecule has 2 heterocycles. The number of allylic oxidation sites excluding steroid dienone is 2. The van der Waals surface area contributed by atoms with E-state index >= 15 is 0 Å². The van der Waals surface area contributed by atoms with E-state index in [1.54, 1.807) is 18.2 Å². The predicted molar refractivity (Wildman–Crippen MR) is 169 cm³/mol. The average molecular weight is 685 g/mol. The van der Waals surface area contributed by atoms with Crippen LogP contribution in [0.2, 0.25) is 6.32 Å². The lowest BCUT2D eigenvalue weighted by atomic mass is 9.58. The molecular formula is C30H34B2INO8. The van der Waals surface area contributed by atoms with Gasteiger partial charge >= 0.3 is 14.2 Å². The number of halogens is 1. The van der Waals surface area contributed by atoms with Gasteiger partial charge in [-0.25, -0.2) is 0 Å². The Morgan fingerprint density at radius 2 is 1.98 bits per heavy atom. The first-order valence-electron chi connectivity index (χ1n) is 14.2. The van der Waals surface area contributed by atoms with Crippen LogP contribution in [0.5, 0.6) is 11.5 Å². The Morgan fingerprint density at radius 1 is 1.21 bits per heavy atom. The SMILES string of the molecule is CCC1=C2[C@@H](CC/C(C)=C/c3cc(I)c(O)c(OC)c3)OB(O)C[C@@H]2[C@@H]2C(=O)N(c3cccc(B(O)O)c3)C(=O)[C@@H]2C1. The molecule has 9 nitrogen and oxygen atoms in total. The molecule has 2 saturated heterocycles. The Kier molecular flexibility index (Phi) is 9.19. The highest BCUT2D eigenvalue weighted by Gasteiger charge is 2.57. The molecule has 12 heteroatoms. The molecule has 3 aliphatic rings. The van der Waals surface area contributed by atoms with Crippen molar-refractivity contribution in [3.05, 3.63) is 62.3 Å². The van der Waals surface area contributed by atoms with E-state index in [2.05, 4.69) is 22.6 Å². The summed E-state index contributed by atoms with van der Waals surface area (Å²) in [5.41, 5.74) is 4.61. The quantitative estimate of drug-likeness (QED) is 0.144. The minimum atomic E-state index is -1.72. The normalized spacial score (nSPS) is 24.2. The van der Waals surface area contributed by atoms with Gasteiger partial charge in [0.25, 0.3) is 0 Å². The van der Waals surface area contributed by atoms with Gasteiger partial charge in [0.05, 0.1) is 34.3 Å². The summed E-state index contributed by atoms with van der Waals surface area (Å²) in [5.74, 6) is -1.59. The van der Waals surface area contributed by atoms with Crippen LogP contribution in [-0.2, 0) is 14.2 Å². The fourth-order valence-electron chi connectivity index (χ4n) is 6.73. The van der Waals surface area contributed by atoms with Gasteiger partial charge in [0.2, 0.25) is 11.8 Å². The first-order valence-corrected chi connectivity index (χ1v) is 15.2. The Morgan fingerprint density at radius 3 is 2.67 bits per heavy atom. The number of hydrogen-bond acceptors (Lipinski definition) is 8. The molecule has 2 aromatic rings. The lowest BCUT2D eigenvalue weighted by Gasteiger charge is -2.43. The maximum Gasteiger partial charge on any atom is 0.488 e. The molecule has 5 rings (SSSR count). The number of rotatable bonds is 8. The molecule has 220 valence electrons. The second kappa shape index (κ2) is 12.5. The lowest BCUT2D eigenvalue weighted by Crippen LogP contribution is -2.46. The van der Waals surface area contributed by atoms with Crippen molar-refractivity contribution < 1.29 is 39.2 Å². The van der Waals surface area contributed by atoms with Crippen LogP contribution in [0.15, 0.2) is 53.1 Å². The first-order chi connectivity index (χ1) is 20.0. The molecule has 2 fully saturated rings. The molecule has 0 aromatic heterocycles. The number of phenols is 1. The first kappa shape index (κ1) is 30.8. The van der Waals surface area contributed by atoms with Crippen LogP contribution in [0.4, 0.5) is 5.69 Å². The van der Waals surface area contributed by atoms with Gasteiger partial charge < -0.3 is 29.6 Å². The van der Waals surface area contributed by atoms with Gasteiger partial charge in [0.15, 0.2) is 11.5 Å². The summed E-state index contributed by atoms with van der Waals surface area (Å²) in [5, 5.41) is 40.2. The van der Waals surface area contributed by atoms with Crippen molar-refractivity contribution in [2.75, 3.05) is 12.0 Å². The summed E-state index contributed by atoms with van der Waals surface area (Å²) >= 11 is 2.07. The predicted octanol–water partition coefficient (Wildman–Crippen LogP) is 3.28. The number of benzene rings is 2. The average Bonchev–Trinajstić information content (AvgIpc) is 3.22. The number of nitrogens with zero attached hydrogens (tertiary/aromatic N) is 1. The summed E-state index contributed by atoms with van der Waals surface area (Å²) in [6, 6.07) is 9.85. The number of methoxy groups -OCH3 is 1. The van der Waals surface area contributed by atoms with Crippen LogP contribution >= 0.6 is 22.6 Å². The van der Waals surface area contributed by atoms with Crippen molar-refractivity contribution in [1.82, 2.24) is 0 Å². The van der Waals surface area contributed by atoms with Crippen molar-refractivity contribution in [1.29, 1.82) is 0 Å². The number of phenolic OH excluding ortho intramolecular Hbond substituents is 1. The van der Waals surface area contributed by atoms with E-state index in [9.17, 15) is 29.8 Å². The maximum atomic E-state index is 13.9. The third-order valence-corrected chi connectivity index (χ3v) is 9.47. The number of carbonyl (C=O) groups excluding carboxylic acids is 2. The van der Waals surface area contributed by atoms with E-state index in [0.717, 1.165) is 22.3 Å². The summed E-state index contributed by atoms with van der Waals surface area (Å²) in [4.78, 5) is 28.7. The number of anilines is 1. The number of fused-ring (bicyclic) bond motifs is 3. The molecule has 2 aliphatic heterocycles. The third-order valence-electron chi connectivity index (χ3n) is 8.65. The number of hydrogen-bond donors (Lipinski definition) is 4. The Labute approximate surface area is 259 Å². The summed E-state index contributed by atoms with van der Waals surface area (Å²) < 4.78 is 12.0. The lowest BCUT2D eigenvalue weighted by molar-refractivity contribution is -0.122. The van der Waals surface area contributed by atoms with Crippen molar-refractivity contribution in [2.24, 2.45) is 17.8 Å². The van der Waals surface area contributed by atoms with E-state index in [0.29, 0.717) is 40.7 Å². The van der Waals surface area contributed by atoms with Crippen molar-refractivity contribution in [2.45, 2.75) is 52.0 Å². The monoisotopic (exact) mass is 685 g/mol. The van der Waals surface area contributed by atoms with Crippen LogP contribution in [0.25, 0.3) is 6.08 Å². The molecule has 0 radical (unpaired) electrons. The molecule has 0 bridgehead atoms. The van der Waals surface area contributed by atoms with E-state index in [1.165, 1.54) is 24.1 Å². The highest BCUT2D eigenvalue weighted by Crippen LogP contribution is 2.51. The van der Waals surface area contributed by atoms with E-state index in [1.807, 2.05) is 26.0 Å². The van der Waals surface area contributed by atoms with Crippen LogP contribution in [-0.4, -0.2) is 59.4 Å². The highest BCUT2D eigenvalue weighted by atomic mass is 127. The molecule has 1 aliphatic carbocycles. The molecule has 0 unspecified atom stereocenters. The van der Waals surface area contributed by atoms with Crippen molar-refractivity contribution in [3.8, 4) is 11.5 Å². The topological polar surface area (TPSA) is 137 Å². The van der Waals surface area contributed by atoms with Gasteiger partial charge in [-0.3, -0.25) is 14.5 Å². The largest absolute Gasteiger partial charge is 0.504 e. The number of carbonyl (C=O) groups is 2. The van der Waals surface area contributed by atoms with Crippen LogP contribution < -0.4 is 15.1 Å². The van der Waals surface area contributed by atoms with Gasteiger partial charge in [-0.2, -0.15) is 0 Å². The summed E-state index contributed by atoms with van der Waals surface area (Å²) in [6.45, 7) is 4.06. The molecular weight excluding hydrogens is 651 g/mol. The smallest absolute Gasteiger partial charge is 0.488 e. The maximum absolute atomic E-state index is 13.9. The van der Waals surface area contributed by atoms with Gasteiger partial charge in [0.1, 0.15) is 0 Å². The molecule has 0 spiro atoms. The number of ether oxygens (including phenoxy) is 1. The summed E-state index contributed by atoms with van der Waals surface area (Å²) in [7, 11) is -1.26. The molecule has 2 aromatic carbocycles. The van der Waals surface area contributed by atoms with Crippen molar-refractivity contribution in [3.63, 3.8) is 0 Å². The second-order valence-corrected chi connectivity index (χ2v) is 12.4. The Hall–Kier alpha value is -2.64. The minimum absolute atomic E-state index is 0.107. The van der Waals surface area contributed by atoms with E-state index < -0.39 is 32.2 Å². The third kappa shape index (κ3) is 5.79. The number of imide groups is 1. The molecule has 4 N–H and O–H groups in total. The van der Waals surface area contributed by atoms with Gasteiger partial charge in [-0.05, 0) is 108 Å². The summed E-state index contributed by atoms with van der Waals surface area (Å²) in [6.07, 6.45) is 4.30. The highest BCUT2D eigenvalue weighted by molar-refractivity contribution is 14.1. The zero-order valence-corrected chi connectivity index (χ0v) is 25.9. The van der Waals surface area contributed by atoms with E-state index in [-0.39, 0.29) is 35.3 Å². The minimum Gasteiger partial charge on any atom is -0.504 e. The second-order valence-electron chi connectivity index (χ2n) is 11.2. The molecule has 2 amide bonds. The van der Waals surface area contributed by atoms with Crippen LogP contribution in [0.1, 0.15) is 45.1 Å². The molecule has 4 atom stereocenters. The van der Waals surface area contributed by atoms with Gasteiger partial charge in [0, 0.05) is 0 Å². The van der Waals surface area contributed by atoms with Crippen molar-refractivity contribution >= 4 is 65.9 Å². The number of aromatic hydroxyl groups is 1.